The van der Waals surface area contributed by atoms with Crippen LogP contribution in [0.2, 0.25) is 6.04 Å². The van der Waals surface area contributed by atoms with Crippen LogP contribution in [0, 0.1) is 0 Å². The molecule has 0 spiro atoms. The van der Waals surface area contributed by atoms with Crippen molar-refractivity contribution in [3.63, 3.8) is 0 Å². The molecular weight excluding hydrogens is 184 g/mol. The standard InChI is InChI=1S/C9H22O3Si/c1-4-7-8-9-13(10,11-5-2)12-6-3/h10H,4-9H2,1-3H3. The van der Waals surface area contributed by atoms with Gasteiger partial charge in [0, 0.05) is 19.3 Å². The van der Waals surface area contributed by atoms with E-state index >= 15 is 0 Å². The first-order chi connectivity index (χ1) is 6.18. The van der Waals surface area contributed by atoms with Crippen LogP contribution in [-0.4, -0.2) is 26.8 Å². The van der Waals surface area contributed by atoms with E-state index in [-0.39, 0.29) is 0 Å². The molecule has 13 heavy (non-hydrogen) atoms. The van der Waals surface area contributed by atoms with Crippen molar-refractivity contribution in [1.29, 1.82) is 0 Å². The Kier molecular flexibility index (Phi) is 7.55. The van der Waals surface area contributed by atoms with Crippen LogP contribution in [0.3, 0.4) is 0 Å². The third-order valence-corrected chi connectivity index (χ3v) is 4.30. The summed E-state index contributed by atoms with van der Waals surface area (Å²) >= 11 is 0. The van der Waals surface area contributed by atoms with E-state index in [1.165, 1.54) is 0 Å². The maximum absolute atomic E-state index is 9.93. The van der Waals surface area contributed by atoms with E-state index in [1.54, 1.807) is 0 Å². The van der Waals surface area contributed by atoms with Crippen molar-refractivity contribution in [2.45, 2.75) is 46.1 Å². The zero-order chi connectivity index (χ0) is 10.2. The molecule has 4 heteroatoms. The molecule has 1 N–H and O–H groups in total. The maximum atomic E-state index is 9.93. The summed E-state index contributed by atoms with van der Waals surface area (Å²) in [6.45, 7) is 6.99. The van der Waals surface area contributed by atoms with Crippen molar-refractivity contribution in [3.8, 4) is 0 Å². The minimum absolute atomic E-state index is 0.537. The number of hydrogen-bond acceptors (Lipinski definition) is 3. The second-order valence-electron chi connectivity index (χ2n) is 3.04. The molecule has 0 aromatic carbocycles. The molecule has 0 heterocycles. The summed E-state index contributed by atoms with van der Waals surface area (Å²) in [5, 5.41) is 0. The molecule has 0 aliphatic rings. The minimum Gasteiger partial charge on any atom is -0.390 e. The molecule has 0 aromatic rings. The van der Waals surface area contributed by atoms with Gasteiger partial charge in [-0.25, -0.2) is 0 Å². The van der Waals surface area contributed by atoms with Crippen molar-refractivity contribution in [2.24, 2.45) is 0 Å². The Morgan fingerprint density at radius 1 is 1.00 bits per heavy atom. The van der Waals surface area contributed by atoms with Crippen LogP contribution < -0.4 is 0 Å². The first-order valence-electron chi connectivity index (χ1n) is 5.18. The third-order valence-electron chi connectivity index (χ3n) is 1.84. The van der Waals surface area contributed by atoms with Gasteiger partial charge in [0.2, 0.25) is 0 Å². The summed E-state index contributed by atoms with van der Waals surface area (Å²) in [5.74, 6) is 0. The molecule has 0 saturated carbocycles. The molecule has 0 unspecified atom stereocenters. The lowest BCUT2D eigenvalue weighted by Gasteiger charge is -2.22. The summed E-state index contributed by atoms with van der Waals surface area (Å²) in [4.78, 5) is 9.93. The van der Waals surface area contributed by atoms with Gasteiger partial charge < -0.3 is 13.6 Å². The van der Waals surface area contributed by atoms with Gasteiger partial charge in [-0.15, -0.1) is 0 Å². The quantitative estimate of drug-likeness (QED) is 0.489. The first kappa shape index (κ1) is 13.1. The van der Waals surface area contributed by atoms with Gasteiger partial charge in [0.15, 0.2) is 0 Å². The van der Waals surface area contributed by atoms with Crippen LogP contribution >= 0.6 is 0 Å². The smallest absolute Gasteiger partial charge is 0.390 e. The van der Waals surface area contributed by atoms with Crippen molar-refractivity contribution in [1.82, 2.24) is 0 Å². The van der Waals surface area contributed by atoms with E-state index in [0.717, 1.165) is 19.3 Å². The molecule has 0 rings (SSSR count). The molecule has 0 amide bonds. The molecule has 0 aliphatic carbocycles. The Balaban J connectivity index is 3.76. The van der Waals surface area contributed by atoms with Crippen molar-refractivity contribution in [2.75, 3.05) is 13.2 Å². The lowest BCUT2D eigenvalue weighted by molar-refractivity contribution is 0.107. The van der Waals surface area contributed by atoms with E-state index in [0.29, 0.717) is 19.3 Å². The highest BCUT2D eigenvalue weighted by molar-refractivity contribution is 6.59. The van der Waals surface area contributed by atoms with Crippen molar-refractivity contribution >= 4 is 8.80 Å². The predicted octanol–water partition coefficient (Wildman–Crippen LogP) is 2.18. The molecule has 0 bridgehead atoms. The van der Waals surface area contributed by atoms with E-state index < -0.39 is 8.80 Å². The Morgan fingerprint density at radius 2 is 1.54 bits per heavy atom. The normalized spacial score (nSPS) is 12.0. The van der Waals surface area contributed by atoms with Gasteiger partial charge in [-0.05, 0) is 20.3 Å². The molecule has 0 fully saturated rings. The highest BCUT2D eigenvalue weighted by Crippen LogP contribution is 2.14. The second-order valence-corrected chi connectivity index (χ2v) is 5.54. The van der Waals surface area contributed by atoms with Crippen LogP contribution in [0.5, 0.6) is 0 Å². The average Bonchev–Trinajstić information content (AvgIpc) is 2.05. The molecular formula is C9H22O3Si. The lowest BCUT2D eigenvalue weighted by atomic mass is 10.3. The minimum atomic E-state index is -2.79. The fraction of sp³-hybridized carbons (Fsp3) is 1.00. The second kappa shape index (κ2) is 7.50. The zero-order valence-corrected chi connectivity index (χ0v) is 10.0. The molecule has 0 saturated heterocycles. The zero-order valence-electron chi connectivity index (χ0n) is 9.01. The summed E-state index contributed by atoms with van der Waals surface area (Å²) in [7, 11) is -2.79. The van der Waals surface area contributed by atoms with Gasteiger partial charge in [0.25, 0.3) is 0 Å². The Morgan fingerprint density at radius 3 is 1.92 bits per heavy atom. The third kappa shape index (κ3) is 6.21. The van der Waals surface area contributed by atoms with Crippen LogP contribution in [0.4, 0.5) is 0 Å². The van der Waals surface area contributed by atoms with Crippen LogP contribution in [0.15, 0.2) is 0 Å². The summed E-state index contributed by atoms with van der Waals surface area (Å²) in [5.41, 5.74) is 0. The maximum Gasteiger partial charge on any atom is 0.498 e. The fourth-order valence-corrected chi connectivity index (χ4v) is 3.21. The topological polar surface area (TPSA) is 38.7 Å². The largest absolute Gasteiger partial charge is 0.498 e. The van der Waals surface area contributed by atoms with Gasteiger partial charge in [-0.2, -0.15) is 0 Å². The van der Waals surface area contributed by atoms with Crippen LogP contribution in [0.1, 0.15) is 40.0 Å². The molecule has 0 radical (unpaired) electrons. The Bertz CT molecular complexity index is 113. The summed E-state index contributed by atoms with van der Waals surface area (Å²) in [6, 6.07) is 0.697. The van der Waals surface area contributed by atoms with Gasteiger partial charge in [-0.1, -0.05) is 19.8 Å². The van der Waals surface area contributed by atoms with E-state index in [9.17, 15) is 4.80 Å². The van der Waals surface area contributed by atoms with E-state index in [1.807, 2.05) is 13.8 Å². The monoisotopic (exact) mass is 206 g/mol. The van der Waals surface area contributed by atoms with Crippen molar-refractivity contribution < 1.29 is 13.6 Å². The average molecular weight is 206 g/mol. The highest BCUT2D eigenvalue weighted by Gasteiger charge is 2.34. The van der Waals surface area contributed by atoms with Crippen LogP contribution in [0.25, 0.3) is 0 Å². The molecule has 0 atom stereocenters. The highest BCUT2D eigenvalue weighted by atomic mass is 28.4. The molecule has 0 aromatic heterocycles. The number of rotatable bonds is 8. The molecule has 3 nitrogen and oxygen atoms in total. The van der Waals surface area contributed by atoms with E-state index in [4.69, 9.17) is 8.85 Å². The fourth-order valence-electron chi connectivity index (χ4n) is 1.24. The molecule has 80 valence electrons. The van der Waals surface area contributed by atoms with Gasteiger partial charge in [0.05, 0.1) is 0 Å². The van der Waals surface area contributed by atoms with Crippen molar-refractivity contribution in [3.05, 3.63) is 0 Å². The van der Waals surface area contributed by atoms with Gasteiger partial charge >= 0.3 is 8.80 Å². The lowest BCUT2D eigenvalue weighted by Crippen LogP contribution is -2.42. The molecule has 0 aliphatic heterocycles. The van der Waals surface area contributed by atoms with Crippen LogP contribution in [-0.2, 0) is 8.85 Å². The van der Waals surface area contributed by atoms with Gasteiger partial charge in [0.1, 0.15) is 0 Å². The SMILES string of the molecule is CCCCC[Si](O)(OCC)OCC. The number of unbranched alkanes of at least 4 members (excludes halogenated alkanes) is 2. The summed E-state index contributed by atoms with van der Waals surface area (Å²) in [6.07, 6.45) is 3.29. The Hall–Kier alpha value is 0.0969. The van der Waals surface area contributed by atoms with Gasteiger partial charge in [-0.3, -0.25) is 0 Å². The summed E-state index contributed by atoms with van der Waals surface area (Å²) < 4.78 is 10.6. The first-order valence-corrected chi connectivity index (χ1v) is 7.15. The Labute approximate surface area is 82.4 Å². The number of hydrogen-bond donors (Lipinski definition) is 1. The van der Waals surface area contributed by atoms with E-state index in [2.05, 4.69) is 6.92 Å². The predicted molar refractivity (Wildman–Crippen MR) is 55.6 cm³/mol.